The summed E-state index contributed by atoms with van der Waals surface area (Å²) in [4.78, 5) is 20.6. The smallest absolute Gasteiger partial charge is 0.409 e. The van der Waals surface area contributed by atoms with Crippen molar-refractivity contribution in [3.05, 3.63) is 48.2 Å². The van der Waals surface area contributed by atoms with Crippen molar-refractivity contribution < 1.29 is 14.3 Å². The third kappa shape index (κ3) is 6.53. The topological polar surface area (TPSA) is 66.9 Å². The van der Waals surface area contributed by atoms with Crippen LogP contribution in [-0.2, 0) is 4.74 Å². The highest BCUT2D eigenvalue weighted by Crippen LogP contribution is 2.27. The van der Waals surface area contributed by atoms with Gasteiger partial charge in [0.15, 0.2) is 0 Å². The van der Waals surface area contributed by atoms with E-state index in [2.05, 4.69) is 46.4 Å². The first kappa shape index (κ1) is 23.2. The lowest BCUT2D eigenvalue weighted by Crippen LogP contribution is -2.49. The Bertz CT molecular complexity index is 889. The van der Waals surface area contributed by atoms with Crippen LogP contribution in [0.5, 0.6) is 5.88 Å². The molecule has 2 aromatic rings. The van der Waals surface area contributed by atoms with Gasteiger partial charge in [-0.05, 0) is 57.2 Å². The van der Waals surface area contributed by atoms with Gasteiger partial charge in [0, 0.05) is 55.9 Å². The average molecular weight is 453 g/mol. The van der Waals surface area contributed by atoms with Gasteiger partial charge in [-0.15, -0.1) is 0 Å². The molecule has 0 radical (unpaired) electrons. The molecule has 1 N–H and O–H groups in total. The van der Waals surface area contributed by atoms with E-state index < -0.39 is 0 Å². The van der Waals surface area contributed by atoms with Crippen LogP contribution in [0.2, 0.25) is 0 Å². The van der Waals surface area contributed by atoms with Gasteiger partial charge in [-0.25, -0.2) is 9.78 Å². The second-order valence-electron chi connectivity index (χ2n) is 9.04. The van der Waals surface area contributed by atoms with Gasteiger partial charge in [0.1, 0.15) is 6.10 Å². The molecule has 0 bridgehead atoms. The zero-order valence-electron chi connectivity index (χ0n) is 19.8. The highest BCUT2D eigenvalue weighted by Gasteiger charge is 2.24. The maximum atomic E-state index is 12.1. The number of nitrogens with zero attached hydrogens (tertiary/aromatic N) is 3. The van der Waals surface area contributed by atoms with Crippen molar-refractivity contribution in [2.75, 3.05) is 43.0 Å². The SMILES string of the molecule is CCCOC(=O)N1CCN(c2ccnc(O[C@H]3CC[C@H](Nc4ccc(C)cc4)CC3)c2)CC1. The monoisotopic (exact) mass is 452 g/mol. The average Bonchev–Trinajstić information content (AvgIpc) is 2.85. The fourth-order valence-electron chi connectivity index (χ4n) is 4.47. The number of nitrogens with one attached hydrogen (secondary N) is 1. The van der Waals surface area contributed by atoms with Gasteiger partial charge in [0.2, 0.25) is 5.88 Å². The van der Waals surface area contributed by atoms with Crippen LogP contribution in [0.4, 0.5) is 16.2 Å². The number of rotatable bonds is 7. The van der Waals surface area contributed by atoms with E-state index in [0.29, 0.717) is 31.6 Å². The van der Waals surface area contributed by atoms with E-state index in [0.717, 1.165) is 50.9 Å². The highest BCUT2D eigenvalue weighted by atomic mass is 16.6. The number of pyridine rings is 1. The minimum absolute atomic E-state index is 0.203. The molecule has 4 rings (SSSR count). The van der Waals surface area contributed by atoms with Crippen molar-refractivity contribution in [2.45, 2.75) is 58.1 Å². The third-order valence-electron chi connectivity index (χ3n) is 6.44. The molecule has 0 spiro atoms. The maximum absolute atomic E-state index is 12.1. The number of hydrogen-bond acceptors (Lipinski definition) is 6. The number of ether oxygens (including phenoxy) is 2. The van der Waals surface area contributed by atoms with Crippen molar-refractivity contribution in [1.29, 1.82) is 0 Å². The second kappa shape index (κ2) is 11.3. The molecule has 2 heterocycles. The van der Waals surface area contributed by atoms with Crippen LogP contribution >= 0.6 is 0 Å². The van der Waals surface area contributed by atoms with Crippen LogP contribution < -0.4 is 15.0 Å². The Morgan fingerprint density at radius 3 is 2.48 bits per heavy atom. The molecule has 2 aliphatic rings. The largest absolute Gasteiger partial charge is 0.474 e. The molecular formula is C26H36N4O3. The summed E-state index contributed by atoms with van der Waals surface area (Å²) in [5, 5.41) is 3.65. The third-order valence-corrected chi connectivity index (χ3v) is 6.44. The van der Waals surface area contributed by atoms with Gasteiger partial charge in [0.05, 0.1) is 6.61 Å². The van der Waals surface area contributed by atoms with Crippen molar-refractivity contribution >= 4 is 17.5 Å². The van der Waals surface area contributed by atoms with E-state index in [4.69, 9.17) is 9.47 Å². The summed E-state index contributed by atoms with van der Waals surface area (Å²) in [5.41, 5.74) is 3.57. The molecule has 1 saturated carbocycles. The van der Waals surface area contributed by atoms with Crippen molar-refractivity contribution in [3.8, 4) is 5.88 Å². The lowest BCUT2D eigenvalue weighted by molar-refractivity contribution is 0.100. The van der Waals surface area contributed by atoms with Crippen molar-refractivity contribution in [1.82, 2.24) is 9.88 Å². The number of benzene rings is 1. The number of aryl methyl sites for hydroxylation is 1. The van der Waals surface area contributed by atoms with E-state index in [1.165, 1.54) is 11.3 Å². The molecule has 1 aromatic heterocycles. The first-order valence-corrected chi connectivity index (χ1v) is 12.2. The lowest BCUT2D eigenvalue weighted by Gasteiger charge is -2.35. The fourth-order valence-corrected chi connectivity index (χ4v) is 4.47. The molecule has 0 unspecified atom stereocenters. The Kier molecular flexibility index (Phi) is 7.92. The zero-order chi connectivity index (χ0) is 23.0. The summed E-state index contributed by atoms with van der Waals surface area (Å²) in [6.45, 7) is 7.48. The first-order valence-electron chi connectivity index (χ1n) is 12.2. The van der Waals surface area contributed by atoms with Crippen LogP contribution in [0.25, 0.3) is 0 Å². The lowest BCUT2D eigenvalue weighted by atomic mass is 9.92. The predicted molar refractivity (Wildman–Crippen MR) is 131 cm³/mol. The van der Waals surface area contributed by atoms with Crippen molar-refractivity contribution in [3.63, 3.8) is 0 Å². The molecule has 2 fully saturated rings. The van der Waals surface area contributed by atoms with Crippen LogP contribution in [0.15, 0.2) is 42.6 Å². The molecule has 1 amide bonds. The zero-order valence-corrected chi connectivity index (χ0v) is 19.8. The van der Waals surface area contributed by atoms with E-state index in [-0.39, 0.29) is 12.2 Å². The Labute approximate surface area is 197 Å². The number of aromatic nitrogens is 1. The Balaban J connectivity index is 1.23. The summed E-state index contributed by atoms with van der Waals surface area (Å²) in [7, 11) is 0. The summed E-state index contributed by atoms with van der Waals surface area (Å²) in [6.07, 6.45) is 6.88. The molecule has 1 aliphatic carbocycles. The predicted octanol–water partition coefficient (Wildman–Crippen LogP) is 4.86. The molecular weight excluding hydrogens is 416 g/mol. The first-order chi connectivity index (χ1) is 16.1. The molecule has 7 heteroatoms. The molecule has 33 heavy (non-hydrogen) atoms. The summed E-state index contributed by atoms with van der Waals surface area (Å²) < 4.78 is 11.5. The van der Waals surface area contributed by atoms with E-state index in [1.54, 1.807) is 4.90 Å². The molecule has 1 aromatic carbocycles. The molecule has 1 aliphatic heterocycles. The number of amides is 1. The number of hydrogen-bond donors (Lipinski definition) is 1. The summed E-state index contributed by atoms with van der Waals surface area (Å²) in [5.74, 6) is 0.687. The molecule has 178 valence electrons. The van der Waals surface area contributed by atoms with Gasteiger partial charge in [0.25, 0.3) is 0 Å². The second-order valence-corrected chi connectivity index (χ2v) is 9.04. The molecule has 1 saturated heterocycles. The standard InChI is InChI=1S/C26H36N4O3/c1-3-18-32-26(31)30-16-14-29(15-17-30)23-12-13-27-25(19-23)33-24-10-8-22(9-11-24)28-21-6-4-20(2)5-7-21/h4-7,12-13,19,22,24,28H,3,8-11,14-18H2,1-2H3/t22-,24-. The van der Waals surface area contributed by atoms with Crippen LogP contribution in [0.3, 0.4) is 0 Å². The number of carbonyl (C=O) groups is 1. The Morgan fingerprint density at radius 2 is 1.79 bits per heavy atom. The van der Waals surface area contributed by atoms with Gasteiger partial charge in [-0.3, -0.25) is 0 Å². The van der Waals surface area contributed by atoms with Crippen molar-refractivity contribution in [2.24, 2.45) is 0 Å². The van der Waals surface area contributed by atoms with Crippen LogP contribution in [-0.4, -0.2) is 60.9 Å². The summed E-state index contributed by atoms with van der Waals surface area (Å²) in [6, 6.07) is 13.1. The van der Waals surface area contributed by atoms with Gasteiger partial charge >= 0.3 is 6.09 Å². The molecule has 0 atom stereocenters. The maximum Gasteiger partial charge on any atom is 0.409 e. The van der Waals surface area contributed by atoms with E-state index in [1.807, 2.05) is 25.3 Å². The molecule has 7 nitrogen and oxygen atoms in total. The Morgan fingerprint density at radius 1 is 1.06 bits per heavy atom. The number of carbonyl (C=O) groups excluding carboxylic acids is 1. The van der Waals surface area contributed by atoms with Crippen LogP contribution in [0.1, 0.15) is 44.6 Å². The van der Waals surface area contributed by atoms with E-state index >= 15 is 0 Å². The van der Waals surface area contributed by atoms with Gasteiger partial charge in [-0.1, -0.05) is 24.6 Å². The van der Waals surface area contributed by atoms with E-state index in [9.17, 15) is 4.79 Å². The Hall–Kier alpha value is -2.96. The minimum Gasteiger partial charge on any atom is -0.474 e. The minimum atomic E-state index is -0.206. The highest BCUT2D eigenvalue weighted by molar-refractivity contribution is 5.68. The van der Waals surface area contributed by atoms with Gasteiger partial charge < -0.3 is 24.6 Å². The quantitative estimate of drug-likeness (QED) is 0.647. The number of piperazine rings is 1. The normalized spacial score (nSPS) is 20.9. The van der Waals surface area contributed by atoms with Gasteiger partial charge in [-0.2, -0.15) is 0 Å². The summed E-state index contributed by atoms with van der Waals surface area (Å²) >= 11 is 0. The van der Waals surface area contributed by atoms with Crippen LogP contribution in [0, 0.1) is 6.92 Å². The number of anilines is 2. The fraction of sp³-hybridized carbons (Fsp3) is 0.538.